The fourth-order valence-corrected chi connectivity index (χ4v) is 3.54. The molecule has 0 spiro atoms. The van der Waals surface area contributed by atoms with E-state index in [1.165, 1.54) is 10.9 Å². The summed E-state index contributed by atoms with van der Waals surface area (Å²) >= 11 is 15.8. The maximum atomic E-state index is 6.22. The molecule has 0 amide bonds. The van der Waals surface area contributed by atoms with Gasteiger partial charge in [0.1, 0.15) is 0 Å². The first-order valence-corrected chi connectivity index (χ1v) is 7.63. The molecule has 3 aromatic rings. The van der Waals surface area contributed by atoms with Gasteiger partial charge >= 0.3 is 0 Å². The Morgan fingerprint density at radius 3 is 2.60 bits per heavy atom. The van der Waals surface area contributed by atoms with Crippen LogP contribution in [-0.2, 0) is 6.54 Å². The Hall–Kier alpha value is -1.16. The smallest absolute Gasteiger partial charge is 0.0722 e. The summed E-state index contributed by atoms with van der Waals surface area (Å²) in [5.74, 6) is 0. The summed E-state index contributed by atoms with van der Waals surface area (Å²) in [5.41, 5.74) is 3.07. The van der Waals surface area contributed by atoms with Gasteiger partial charge in [-0.2, -0.15) is 0 Å². The van der Waals surface area contributed by atoms with Crippen LogP contribution in [0.4, 0.5) is 5.69 Å². The Kier molecular flexibility index (Phi) is 3.92. The quantitative estimate of drug-likeness (QED) is 0.595. The average Bonchev–Trinajstić information content (AvgIpc) is 2.86. The van der Waals surface area contributed by atoms with Crippen LogP contribution < -0.4 is 5.32 Å². The van der Waals surface area contributed by atoms with E-state index in [9.17, 15) is 0 Å². The number of fused-ring (bicyclic) bond motifs is 1. The minimum atomic E-state index is 0.602. The highest BCUT2D eigenvalue weighted by Gasteiger charge is 2.08. The molecule has 102 valence electrons. The minimum Gasteiger partial charge on any atom is -0.379 e. The Balaban J connectivity index is 1.89. The molecule has 20 heavy (non-hydrogen) atoms. The lowest BCUT2D eigenvalue weighted by Crippen LogP contribution is -2.01. The molecule has 1 heterocycles. The Labute approximate surface area is 135 Å². The van der Waals surface area contributed by atoms with E-state index in [2.05, 4.69) is 44.4 Å². The number of H-pyrrole nitrogens is 1. The van der Waals surface area contributed by atoms with Gasteiger partial charge in [-0.1, -0.05) is 51.3 Å². The van der Waals surface area contributed by atoms with Crippen molar-refractivity contribution in [3.05, 3.63) is 62.7 Å². The molecule has 0 bridgehead atoms. The number of anilines is 1. The molecule has 0 fully saturated rings. The maximum Gasteiger partial charge on any atom is 0.0722 e. The highest BCUT2D eigenvalue weighted by atomic mass is 79.9. The number of nitrogens with one attached hydrogen (secondary N) is 2. The first kappa shape index (κ1) is 13.8. The van der Waals surface area contributed by atoms with Crippen LogP contribution in [0.25, 0.3) is 10.9 Å². The van der Waals surface area contributed by atoms with Crippen molar-refractivity contribution >= 4 is 55.7 Å². The minimum absolute atomic E-state index is 0.602. The van der Waals surface area contributed by atoms with E-state index in [1.54, 1.807) is 0 Å². The summed E-state index contributed by atoms with van der Waals surface area (Å²) in [4.78, 5) is 3.20. The number of halogens is 3. The van der Waals surface area contributed by atoms with Gasteiger partial charge in [-0.15, -0.1) is 0 Å². The number of hydrogen-bond acceptors (Lipinski definition) is 1. The Morgan fingerprint density at radius 1 is 1.10 bits per heavy atom. The second-order valence-corrected chi connectivity index (χ2v) is 6.18. The third kappa shape index (κ3) is 2.66. The molecule has 5 heteroatoms. The van der Waals surface area contributed by atoms with E-state index in [-0.39, 0.29) is 0 Å². The molecule has 0 aliphatic carbocycles. The van der Waals surface area contributed by atoms with Crippen molar-refractivity contribution in [2.75, 3.05) is 5.32 Å². The van der Waals surface area contributed by atoms with E-state index in [1.807, 2.05) is 24.4 Å². The summed E-state index contributed by atoms with van der Waals surface area (Å²) in [5, 5.41) is 5.71. The van der Waals surface area contributed by atoms with E-state index in [0.717, 1.165) is 15.7 Å². The van der Waals surface area contributed by atoms with Gasteiger partial charge in [0.05, 0.1) is 15.7 Å². The molecule has 3 rings (SSSR count). The zero-order valence-electron chi connectivity index (χ0n) is 10.4. The van der Waals surface area contributed by atoms with Gasteiger partial charge in [-0.05, 0) is 29.8 Å². The van der Waals surface area contributed by atoms with Gasteiger partial charge in [0, 0.05) is 28.1 Å². The lowest BCUT2D eigenvalue weighted by Gasteiger charge is -2.11. The summed E-state index contributed by atoms with van der Waals surface area (Å²) in [7, 11) is 0. The monoisotopic (exact) mass is 368 g/mol. The van der Waals surface area contributed by atoms with Crippen LogP contribution in [0.2, 0.25) is 10.0 Å². The average molecular weight is 370 g/mol. The normalized spacial score (nSPS) is 10.9. The fourth-order valence-electron chi connectivity index (χ4n) is 2.20. The molecule has 2 N–H and O–H groups in total. The van der Waals surface area contributed by atoms with Gasteiger partial charge in [-0.3, -0.25) is 0 Å². The largest absolute Gasteiger partial charge is 0.379 e. The zero-order valence-corrected chi connectivity index (χ0v) is 13.5. The molecule has 0 atom stereocenters. The van der Waals surface area contributed by atoms with Crippen molar-refractivity contribution in [2.24, 2.45) is 0 Å². The zero-order chi connectivity index (χ0) is 14.1. The maximum absolute atomic E-state index is 6.22. The van der Waals surface area contributed by atoms with Crippen LogP contribution in [0.3, 0.4) is 0 Å². The molecule has 0 saturated carbocycles. The van der Waals surface area contributed by atoms with Crippen molar-refractivity contribution in [1.29, 1.82) is 0 Å². The van der Waals surface area contributed by atoms with E-state index < -0.39 is 0 Å². The summed E-state index contributed by atoms with van der Waals surface area (Å²) in [6.07, 6.45) is 1.94. The summed E-state index contributed by atoms with van der Waals surface area (Å²) < 4.78 is 0.866. The fraction of sp³-hybridized carbons (Fsp3) is 0.0667. The number of benzene rings is 2. The molecule has 0 unspecified atom stereocenters. The van der Waals surface area contributed by atoms with Crippen LogP contribution >= 0.6 is 39.1 Å². The molecule has 2 aromatic carbocycles. The standard InChI is InChI=1S/C15H11BrCl2N2/c16-10-6-12(17)15(13(18)7-10)20-8-9-2-1-3-14-11(9)4-5-19-14/h1-7,19-20H,8H2. The highest BCUT2D eigenvalue weighted by Crippen LogP contribution is 2.34. The molecule has 0 aliphatic heterocycles. The predicted octanol–water partition coefficient (Wildman–Crippen LogP) is 5.85. The number of hydrogen-bond donors (Lipinski definition) is 2. The molecular weight excluding hydrogens is 359 g/mol. The van der Waals surface area contributed by atoms with E-state index >= 15 is 0 Å². The van der Waals surface area contributed by atoms with Gasteiger partial charge < -0.3 is 10.3 Å². The molecule has 2 nitrogen and oxygen atoms in total. The van der Waals surface area contributed by atoms with Crippen molar-refractivity contribution in [3.63, 3.8) is 0 Å². The molecular formula is C15H11BrCl2N2. The lowest BCUT2D eigenvalue weighted by molar-refractivity contribution is 1.17. The highest BCUT2D eigenvalue weighted by molar-refractivity contribution is 9.10. The second kappa shape index (κ2) is 5.68. The number of aromatic nitrogens is 1. The molecule has 0 saturated heterocycles. The van der Waals surface area contributed by atoms with Gasteiger partial charge in [0.25, 0.3) is 0 Å². The Morgan fingerprint density at radius 2 is 1.85 bits per heavy atom. The third-order valence-electron chi connectivity index (χ3n) is 3.15. The SMILES string of the molecule is Clc1cc(Br)cc(Cl)c1NCc1cccc2[nH]ccc12. The van der Waals surface area contributed by atoms with Crippen molar-refractivity contribution in [2.45, 2.75) is 6.54 Å². The summed E-state index contributed by atoms with van der Waals surface area (Å²) in [6.45, 7) is 0.663. The van der Waals surface area contributed by atoms with Crippen LogP contribution in [0.1, 0.15) is 5.56 Å². The van der Waals surface area contributed by atoms with E-state index in [4.69, 9.17) is 23.2 Å². The van der Waals surface area contributed by atoms with Gasteiger partial charge in [0.2, 0.25) is 0 Å². The van der Waals surface area contributed by atoms with Gasteiger partial charge in [-0.25, -0.2) is 0 Å². The summed E-state index contributed by atoms with van der Waals surface area (Å²) in [6, 6.07) is 11.9. The first-order valence-electron chi connectivity index (χ1n) is 6.08. The molecule has 0 aliphatic rings. The third-order valence-corrected chi connectivity index (χ3v) is 4.20. The van der Waals surface area contributed by atoms with Crippen LogP contribution in [-0.4, -0.2) is 4.98 Å². The number of rotatable bonds is 3. The molecule has 0 radical (unpaired) electrons. The van der Waals surface area contributed by atoms with Crippen molar-refractivity contribution < 1.29 is 0 Å². The van der Waals surface area contributed by atoms with Crippen LogP contribution in [0.15, 0.2) is 47.1 Å². The van der Waals surface area contributed by atoms with Crippen LogP contribution in [0.5, 0.6) is 0 Å². The second-order valence-electron chi connectivity index (χ2n) is 4.45. The topological polar surface area (TPSA) is 27.8 Å². The number of aromatic amines is 1. The first-order chi connectivity index (χ1) is 9.65. The van der Waals surface area contributed by atoms with E-state index in [0.29, 0.717) is 16.6 Å². The predicted molar refractivity (Wildman–Crippen MR) is 89.8 cm³/mol. The lowest BCUT2D eigenvalue weighted by atomic mass is 10.1. The van der Waals surface area contributed by atoms with Crippen LogP contribution in [0, 0.1) is 0 Å². The Bertz CT molecular complexity index is 744. The molecule has 1 aromatic heterocycles. The van der Waals surface area contributed by atoms with Crippen molar-refractivity contribution in [1.82, 2.24) is 4.98 Å². The van der Waals surface area contributed by atoms with Crippen molar-refractivity contribution in [3.8, 4) is 0 Å². The van der Waals surface area contributed by atoms with Gasteiger partial charge in [0.15, 0.2) is 0 Å².